The maximum Gasteiger partial charge on any atom is 0.276 e. The molecule has 1 N–H and O–H groups in total. The van der Waals surface area contributed by atoms with Crippen LogP contribution in [-0.2, 0) is 0 Å². The monoisotopic (exact) mass is 1020 g/mol. The van der Waals surface area contributed by atoms with Crippen molar-refractivity contribution < 1.29 is 51.8 Å². The van der Waals surface area contributed by atoms with Crippen LogP contribution in [0.1, 0.15) is 48.9 Å². The van der Waals surface area contributed by atoms with Crippen molar-refractivity contribution in [1.29, 1.82) is 0 Å². The van der Waals surface area contributed by atoms with Crippen LogP contribution in [-0.4, -0.2) is 72.0 Å². The third-order valence-electron chi connectivity index (χ3n) is 14.6. The molecule has 386 valence electrons. The van der Waals surface area contributed by atoms with E-state index in [4.69, 9.17) is 28.4 Å². The fraction of sp³-hybridized carbons (Fsp3) is 0.321. The van der Waals surface area contributed by atoms with E-state index in [9.17, 15) is 33.8 Å². The predicted molar refractivity (Wildman–Crippen MR) is 274 cm³/mol. The maximum atomic E-state index is 14.5. The van der Waals surface area contributed by atoms with E-state index >= 15 is 0 Å². The van der Waals surface area contributed by atoms with Crippen LogP contribution in [0, 0.1) is 67.4 Å². The highest BCUT2D eigenvalue weighted by molar-refractivity contribution is 6.04. The van der Waals surface area contributed by atoms with Crippen molar-refractivity contribution in [2.75, 3.05) is 40.5 Å². The van der Waals surface area contributed by atoms with Crippen LogP contribution in [0.15, 0.2) is 121 Å². The van der Waals surface area contributed by atoms with E-state index in [1.807, 2.05) is 18.2 Å². The van der Waals surface area contributed by atoms with E-state index < -0.39 is 21.5 Å². The second-order valence-corrected chi connectivity index (χ2v) is 19.4. The molecule has 7 aromatic rings. The first-order valence-electron chi connectivity index (χ1n) is 24.7. The van der Waals surface area contributed by atoms with Crippen molar-refractivity contribution in [3.63, 3.8) is 0 Å². The van der Waals surface area contributed by atoms with E-state index in [0.717, 1.165) is 68.5 Å². The number of aromatic nitrogens is 2. The van der Waals surface area contributed by atoms with Gasteiger partial charge in [-0.25, -0.2) is 13.8 Å². The van der Waals surface area contributed by atoms with E-state index in [0.29, 0.717) is 98.8 Å². The lowest BCUT2D eigenvalue weighted by atomic mass is 10.0. The standard InChI is InChI=1S/C32H28FN3O6.C24H24FN3O5/c1-40-30-16-25-27(34-10-9-28(25)42-29-8-7-24(36(38)39)15-26(29)33)17-31(30)41-18-19-11-21-13-23(14-22(21)12-19)35-32(37)20-5-3-2-4-6-20;1-31-23-9-18-20(10-24(23)32-13-14-6-15-11-26-12-16(15)7-14)27-5-4-21(18)33-22-3-2-17(28(29)30)8-19(22)25/h2-10,15-17,19,21-22H,11-14,18H2,1H3;2-5,8-10,14-16,26H,6-7,11-13H2,1H3. The van der Waals surface area contributed by atoms with Gasteiger partial charge in [-0.05, 0) is 136 Å². The van der Waals surface area contributed by atoms with Gasteiger partial charge in [0.2, 0.25) is 0 Å². The Morgan fingerprint density at radius 2 is 1.07 bits per heavy atom. The molecule has 19 heteroatoms. The van der Waals surface area contributed by atoms with Crippen molar-refractivity contribution in [1.82, 2.24) is 15.3 Å². The van der Waals surface area contributed by atoms with Gasteiger partial charge in [0.05, 0.1) is 60.4 Å². The third kappa shape index (κ3) is 11.3. The highest BCUT2D eigenvalue weighted by Crippen LogP contribution is 2.47. The normalized spacial score (nSPS) is 20.4. The molecule has 3 heterocycles. The van der Waals surface area contributed by atoms with Crippen LogP contribution in [0.4, 0.5) is 20.2 Å². The number of fused-ring (bicyclic) bond motifs is 4. The molecule has 11 rings (SSSR count). The number of nitro benzene ring substituents is 2. The molecule has 0 radical (unpaired) electrons. The smallest absolute Gasteiger partial charge is 0.276 e. The zero-order valence-electron chi connectivity index (χ0n) is 41.0. The number of ether oxygens (including phenoxy) is 6. The minimum atomic E-state index is -0.844. The summed E-state index contributed by atoms with van der Waals surface area (Å²) in [6, 6.07) is 25.9. The number of hydrogen-bond donors (Lipinski definition) is 1. The lowest BCUT2D eigenvalue weighted by Crippen LogP contribution is -2.15. The van der Waals surface area contributed by atoms with Gasteiger partial charge in [-0.1, -0.05) is 18.2 Å². The number of rotatable bonds is 15. The molecular weight excluding hydrogens is 971 g/mol. The number of carbonyl (C=O) groups excluding carboxylic acids is 1. The van der Waals surface area contributed by atoms with Crippen LogP contribution in [0.2, 0.25) is 0 Å². The summed E-state index contributed by atoms with van der Waals surface area (Å²) in [6.45, 7) is 3.35. The summed E-state index contributed by atoms with van der Waals surface area (Å²) >= 11 is 0. The van der Waals surface area contributed by atoms with Crippen LogP contribution in [0.3, 0.4) is 0 Å². The number of carbonyl (C=O) groups is 1. The summed E-state index contributed by atoms with van der Waals surface area (Å²) in [6.07, 6.45) is 9.16. The first kappa shape index (κ1) is 50.2. The first-order valence-corrected chi connectivity index (χ1v) is 24.7. The maximum absolute atomic E-state index is 14.5. The molecule has 2 aromatic heterocycles. The number of nitrogens with one attached hydrogen (secondary N) is 1. The van der Waals surface area contributed by atoms with Gasteiger partial charge in [0.25, 0.3) is 17.3 Å². The molecule has 1 amide bonds. The number of amides is 1. The number of pyridine rings is 2. The number of nitrogens with zero attached hydrogens (tertiary/aromatic N) is 5. The number of halogens is 2. The Kier molecular flexibility index (Phi) is 14.8. The molecule has 17 nitrogen and oxygen atoms in total. The molecule has 4 aliphatic rings. The largest absolute Gasteiger partial charge is 0.493 e. The van der Waals surface area contributed by atoms with Gasteiger partial charge in [0, 0.05) is 58.7 Å². The molecule has 5 aromatic carbocycles. The Morgan fingerprint density at radius 3 is 1.51 bits per heavy atom. The topological polar surface area (TPSA) is 209 Å². The van der Waals surface area contributed by atoms with Gasteiger partial charge in [-0.3, -0.25) is 35.0 Å². The number of benzene rings is 5. The Labute approximate surface area is 429 Å². The molecule has 4 unspecified atom stereocenters. The molecule has 3 aliphatic carbocycles. The summed E-state index contributed by atoms with van der Waals surface area (Å²) in [5, 5.41) is 26.4. The van der Waals surface area contributed by atoms with Crippen molar-refractivity contribution >= 4 is 44.8 Å². The quantitative estimate of drug-likeness (QED) is 0.0748. The molecule has 1 aliphatic heterocycles. The van der Waals surface area contributed by atoms with Crippen molar-refractivity contribution in [2.24, 2.45) is 40.5 Å². The molecule has 4 atom stereocenters. The van der Waals surface area contributed by atoms with Gasteiger partial charge in [0.15, 0.2) is 46.1 Å². The van der Waals surface area contributed by atoms with E-state index in [1.54, 1.807) is 68.9 Å². The first-order chi connectivity index (χ1) is 36.4. The molecule has 75 heavy (non-hydrogen) atoms. The van der Waals surface area contributed by atoms with Crippen molar-refractivity contribution in [3.8, 4) is 46.0 Å². The summed E-state index contributed by atoms with van der Waals surface area (Å²) in [5.41, 5.74) is 2.08. The molecule has 0 bridgehead atoms. The van der Waals surface area contributed by atoms with Crippen LogP contribution < -0.4 is 33.7 Å². The van der Waals surface area contributed by atoms with E-state index in [2.05, 4.69) is 20.3 Å². The summed E-state index contributed by atoms with van der Waals surface area (Å²) in [5.74, 6) is 4.14. The highest BCUT2D eigenvalue weighted by Gasteiger charge is 2.41. The zero-order valence-corrected chi connectivity index (χ0v) is 41.0. The molecule has 4 fully saturated rings. The lowest BCUT2D eigenvalue weighted by molar-refractivity contribution is -0.385. The fourth-order valence-corrected chi connectivity index (χ4v) is 11.0. The summed E-state index contributed by atoms with van der Waals surface area (Å²) in [4.78, 5) is 46.2. The molecule has 0 spiro atoms. The molecule has 1 saturated heterocycles. The van der Waals surface area contributed by atoms with Crippen molar-refractivity contribution in [3.05, 3.63) is 153 Å². The SMILES string of the molecule is COc1cc2c(Oc3ccc([N+](=O)[O-])cc3F)ccnc2cc1OCC1CC2CC(=NC(=O)c3ccccc3)CC2C1.COc1cc2c(Oc3ccc([N+](=O)[O-])cc3F)ccnc2cc1OCC1CC2CNCC2C1. The van der Waals surface area contributed by atoms with Gasteiger partial charge >= 0.3 is 0 Å². The number of non-ortho nitro benzene ring substituents is 2. The van der Waals surface area contributed by atoms with Crippen LogP contribution in [0.5, 0.6) is 46.0 Å². The highest BCUT2D eigenvalue weighted by atomic mass is 19.1. The van der Waals surface area contributed by atoms with Gasteiger partial charge < -0.3 is 33.7 Å². The van der Waals surface area contributed by atoms with Gasteiger partial charge in [-0.2, -0.15) is 0 Å². The van der Waals surface area contributed by atoms with Gasteiger partial charge in [0.1, 0.15) is 11.5 Å². The Bertz CT molecular complexity index is 3300. The zero-order chi connectivity index (χ0) is 52.2. The minimum Gasteiger partial charge on any atom is -0.493 e. The third-order valence-corrected chi connectivity index (χ3v) is 14.6. The minimum absolute atomic E-state index is 0.117. The number of aliphatic imine (C=N–C) groups is 1. The average molecular weight is 1020 g/mol. The Hall–Kier alpha value is -8.32. The Morgan fingerprint density at radius 1 is 0.600 bits per heavy atom. The number of hydrogen-bond acceptors (Lipinski definition) is 14. The molecule has 3 saturated carbocycles. The average Bonchev–Trinajstić information content (AvgIpc) is 4.21. The Balaban J connectivity index is 0.000000176. The van der Waals surface area contributed by atoms with Crippen molar-refractivity contribution in [2.45, 2.75) is 38.5 Å². The van der Waals surface area contributed by atoms with Crippen LogP contribution >= 0.6 is 0 Å². The summed E-state index contributed by atoms with van der Waals surface area (Å²) < 4.78 is 63.9. The fourth-order valence-electron chi connectivity index (χ4n) is 11.0. The lowest BCUT2D eigenvalue weighted by Gasteiger charge is -2.17. The van der Waals surface area contributed by atoms with E-state index in [1.165, 1.54) is 43.3 Å². The van der Waals surface area contributed by atoms with Gasteiger partial charge in [-0.15, -0.1) is 0 Å². The van der Waals surface area contributed by atoms with Crippen LogP contribution in [0.25, 0.3) is 21.8 Å². The summed E-state index contributed by atoms with van der Waals surface area (Å²) in [7, 11) is 3.10. The number of methoxy groups -OCH3 is 2. The van der Waals surface area contributed by atoms with E-state index in [-0.39, 0.29) is 28.8 Å². The second-order valence-electron chi connectivity index (χ2n) is 19.4. The predicted octanol–water partition coefficient (Wildman–Crippen LogP) is 11.9. The number of nitro groups is 2. The molecular formula is C56H52F2N6O11. The second kappa shape index (κ2) is 22.0.